The van der Waals surface area contributed by atoms with Crippen LogP contribution in [0.25, 0.3) is 11.3 Å². The Morgan fingerprint density at radius 3 is 2.75 bits per heavy atom. The lowest BCUT2D eigenvalue weighted by Crippen LogP contribution is -2.32. The van der Waals surface area contributed by atoms with Gasteiger partial charge in [-0.1, -0.05) is 41.6 Å². The number of nitrogens with one attached hydrogen (secondary N) is 1. The predicted octanol–water partition coefficient (Wildman–Crippen LogP) is 3.78. The number of amides is 1. The summed E-state index contributed by atoms with van der Waals surface area (Å²) >= 11 is 6.98. The summed E-state index contributed by atoms with van der Waals surface area (Å²) in [7, 11) is 0. The van der Waals surface area contributed by atoms with Crippen LogP contribution in [0.4, 0.5) is 0 Å². The van der Waals surface area contributed by atoms with Gasteiger partial charge in [0, 0.05) is 16.6 Å². The van der Waals surface area contributed by atoms with E-state index in [-0.39, 0.29) is 11.9 Å². The van der Waals surface area contributed by atoms with Crippen molar-refractivity contribution in [1.82, 2.24) is 14.9 Å². The smallest absolute Gasteiger partial charge is 0.265 e. The Balaban J connectivity index is 2.20. The molecule has 1 unspecified atom stereocenters. The Morgan fingerprint density at radius 2 is 2.10 bits per heavy atom. The third kappa shape index (κ3) is 3.55. The van der Waals surface area contributed by atoms with Crippen LogP contribution in [0.15, 0.2) is 24.3 Å². The minimum absolute atomic E-state index is 0.120. The maximum absolute atomic E-state index is 12.2. The number of halogens is 1. The molecule has 6 heteroatoms. The van der Waals surface area contributed by atoms with Gasteiger partial charge >= 0.3 is 0 Å². The Labute approximate surface area is 127 Å². The summed E-state index contributed by atoms with van der Waals surface area (Å²) in [6.07, 6.45) is 1.99. The third-order valence-electron chi connectivity index (χ3n) is 2.91. The Bertz CT molecular complexity index is 582. The maximum Gasteiger partial charge on any atom is 0.265 e. The molecule has 20 heavy (non-hydrogen) atoms. The van der Waals surface area contributed by atoms with Gasteiger partial charge in [-0.15, -0.1) is 5.10 Å². The summed E-state index contributed by atoms with van der Waals surface area (Å²) in [6, 6.07) is 7.37. The standard InChI is InChI=1S/C14H16ClN3OS/c1-3-4-9(2)16-14(19)13-12(17-18-20-13)10-5-7-11(15)8-6-10/h5-9H,3-4H2,1-2H3,(H,16,19). The molecule has 2 aromatic rings. The van der Waals surface area contributed by atoms with Crippen LogP contribution in [0.5, 0.6) is 0 Å². The maximum atomic E-state index is 12.2. The molecule has 1 aromatic carbocycles. The van der Waals surface area contributed by atoms with E-state index < -0.39 is 0 Å². The van der Waals surface area contributed by atoms with Crippen molar-refractivity contribution in [2.75, 3.05) is 0 Å². The minimum Gasteiger partial charge on any atom is -0.349 e. The van der Waals surface area contributed by atoms with E-state index in [1.165, 1.54) is 0 Å². The first kappa shape index (κ1) is 14.9. The van der Waals surface area contributed by atoms with Crippen molar-refractivity contribution in [3.63, 3.8) is 0 Å². The van der Waals surface area contributed by atoms with E-state index in [0.29, 0.717) is 15.6 Å². The fraction of sp³-hybridized carbons (Fsp3) is 0.357. The zero-order valence-corrected chi connectivity index (χ0v) is 13.0. The van der Waals surface area contributed by atoms with Crippen LogP contribution < -0.4 is 5.32 Å². The summed E-state index contributed by atoms with van der Waals surface area (Å²) in [4.78, 5) is 12.8. The number of nitrogens with zero attached hydrogens (tertiary/aromatic N) is 2. The van der Waals surface area contributed by atoms with Crippen LogP contribution in [0, 0.1) is 0 Å². The molecule has 0 aliphatic heterocycles. The van der Waals surface area contributed by atoms with Crippen molar-refractivity contribution in [3.8, 4) is 11.3 Å². The van der Waals surface area contributed by atoms with Crippen molar-refractivity contribution >= 4 is 29.0 Å². The highest BCUT2D eigenvalue weighted by atomic mass is 35.5. The molecule has 0 bridgehead atoms. The van der Waals surface area contributed by atoms with E-state index in [9.17, 15) is 4.79 Å². The Hall–Kier alpha value is -1.46. The first-order chi connectivity index (χ1) is 9.61. The van der Waals surface area contributed by atoms with Crippen LogP contribution in [0.1, 0.15) is 36.4 Å². The molecule has 0 spiro atoms. The number of rotatable bonds is 5. The fourth-order valence-electron chi connectivity index (χ4n) is 1.93. The number of hydrogen-bond acceptors (Lipinski definition) is 4. The summed E-state index contributed by atoms with van der Waals surface area (Å²) in [6.45, 7) is 4.09. The number of carbonyl (C=O) groups excluding carboxylic acids is 1. The lowest BCUT2D eigenvalue weighted by atomic mass is 10.1. The molecule has 106 valence electrons. The second kappa shape index (κ2) is 6.81. The molecule has 1 heterocycles. The monoisotopic (exact) mass is 309 g/mol. The molecule has 4 nitrogen and oxygen atoms in total. The second-order valence-electron chi connectivity index (χ2n) is 4.62. The quantitative estimate of drug-likeness (QED) is 0.914. The SMILES string of the molecule is CCCC(C)NC(=O)c1snnc1-c1ccc(Cl)cc1. The summed E-state index contributed by atoms with van der Waals surface area (Å²) in [5.41, 5.74) is 1.45. The van der Waals surface area contributed by atoms with E-state index in [0.717, 1.165) is 29.9 Å². The molecule has 0 saturated carbocycles. The van der Waals surface area contributed by atoms with Gasteiger partial charge in [-0.2, -0.15) is 0 Å². The van der Waals surface area contributed by atoms with Gasteiger partial charge in [0.05, 0.1) is 0 Å². The van der Waals surface area contributed by atoms with E-state index in [4.69, 9.17) is 11.6 Å². The molecule has 1 atom stereocenters. The number of benzene rings is 1. The number of aromatic nitrogens is 2. The van der Waals surface area contributed by atoms with Crippen molar-refractivity contribution in [1.29, 1.82) is 0 Å². The van der Waals surface area contributed by atoms with E-state index in [1.54, 1.807) is 12.1 Å². The van der Waals surface area contributed by atoms with Gasteiger partial charge in [0.2, 0.25) is 0 Å². The van der Waals surface area contributed by atoms with Crippen molar-refractivity contribution in [3.05, 3.63) is 34.2 Å². The lowest BCUT2D eigenvalue weighted by molar-refractivity contribution is 0.0943. The molecular formula is C14H16ClN3OS. The molecule has 2 rings (SSSR count). The van der Waals surface area contributed by atoms with E-state index in [2.05, 4.69) is 21.8 Å². The first-order valence-electron chi connectivity index (χ1n) is 6.51. The van der Waals surface area contributed by atoms with Crippen molar-refractivity contribution in [2.45, 2.75) is 32.7 Å². The normalized spacial score (nSPS) is 12.2. The average molecular weight is 310 g/mol. The first-order valence-corrected chi connectivity index (χ1v) is 7.66. The molecule has 1 aromatic heterocycles. The number of hydrogen-bond donors (Lipinski definition) is 1. The van der Waals surface area contributed by atoms with Gasteiger partial charge in [-0.05, 0) is 37.0 Å². The van der Waals surface area contributed by atoms with Gasteiger partial charge in [-0.3, -0.25) is 4.79 Å². The summed E-state index contributed by atoms with van der Waals surface area (Å²) < 4.78 is 3.89. The van der Waals surface area contributed by atoms with Crippen LogP contribution in [-0.2, 0) is 0 Å². The predicted molar refractivity (Wildman–Crippen MR) is 82.2 cm³/mol. The largest absolute Gasteiger partial charge is 0.349 e. The van der Waals surface area contributed by atoms with Crippen LogP contribution >= 0.6 is 23.1 Å². The topological polar surface area (TPSA) is 54.9 Å². The second-order valence-corrected chi connectivity index (χ2v) is 5.81. The molecular weight excluding hydrogens is 294 g/mol. The van der Waals surface area contributed by atoms with Crippen LogP contribution in [-0.4, -0.2) is 21.5 Å². The van der Waals surface area contributed by atoms with Crippen LogP contribution in [0.2, 0.25) is 5.02 Å². The van der Waals surface area contributed by atoms with Crippen molar-refractivity contribution < 1.29 is 4.79 Å². The van der Waals surface area contributed by atoms with Gasteiger partial charge in [0.25, 0.3) is 5.91 Å². The highest BCUT2D eigenvalue weighted by Gasteiger charge is 2.18. The zero-order chi connectivity index (χ0) is 14.5. The Kier molecular flexibility index (Phi) is 5.09. The summed E-state index contributed by atoms with van der Waals surface area (Å²) in [5, 5.41) is 7.68. The average Bonchev–Trinajstić information content (AvgIpc) is 2.89. The molecule has 0 fully saturated rings. The van der Waals surface area contributed by atoms with E-state index >= 15 is 0 Å². The molecule has 1 amide bonds. The minimum atomic E-state index is -0.120. The molecule has 1 N–H and O–H groups in total. The third-order valence-corrected chi connectivity index (χ3v) is 3.89. The summed E-state index contributed by atoms with van der Waals surface area (Å²) in [5.74, 6) is -0.120. The van der Waals surface area contributed by atoms with Gasteiger partial charge in [0.1, 0.15) is 10.6 Å². The molecule has 0 aliphatic carbocycles. The Morgan fingerprint density at radius 1 is 1.40 bits per heavy atom. The number of carbonyl (C=O) groups is 1. The van der Waals surface area contributed by atoms with Gasteiger partial charge < -0.3 is 5.32 Å². The molecule has 0 saturated heterocycles. The van der Waals surface area contributed by atoms with Gasteiger partial charge in [0.15, 0.2) is 0 Å². The lowest BCUT2D eigenvalue weighted by Gasteiger charge is -2.11. The molecule has 0 aliphatic rings. The zero-order valence-electron chi connectivity index (χ0n) is 11.4. The van der Waals surface area contributed by atoms with Crippen LogP contribution in [0.3, 0.4) is 0 Å². The molecule has 0 radical (unpaired) electrons. The van der Waals surface area contributed by atoms with Crippen molar-refractivity contribution in [2.24, 2.45) is 0 Å². The highest BCUT2D eigenvalue weighted by molar-refractivity contribution is 7.08. The highest BCUT2D eigenvalue weighted by Crippen LogP contribution is 2.25. The fourth-order valence-corrected chi connectivity index (χ4v) is 2.65. The van der Waals surface area contributed by atoms with Gasteiger partial charge in [-0.25, -0.2) is 0 Å². The van der Waals surface area contributed by atoms with E-state index in [1.807, 2.05) is 19.1 Å².